The summed E-state index contributed by atoms with van der Waals surface area (Å²) in [5.74, 6) is 3.83. The molecule has 57 heavy (non-hydrogen) atoms. The van der Waals surface area contributed by atoms with E-state index in [1.807, 2.05) is 7.11 Å². The van der Waals surface area contributed by atoms with E-state index in [1.54, 1.807) is 14.2 Å². The highest BCUT2D eigenvalue weighted by Crippen LogP contribution is 2.47. The first kappa shape index (κ1) is 48.0. The molecule has 0 aromatic carbocycles. The molecule has 0 amide bonds. The van der Waals surface area contributed by atoms with Crippen LogP contribution in [0.25, 0.3) is 0 Å². The first-order valence-corrected chi connectivity index (χ1v) is 22.3. The van der Waals surface area contributed by atoms with Gasteiger partial charge in [0.25, 0.3) is 0 Å². The summed E-state index contributed by atoms with van der Waals surface area (Å²) in [7, 11) is 7.39. The van der Waals surface area contributed by atoms with Crippen molar-refractivity contribution in [3.63, 3.8) is 0 Å². The molecule has 1 atom stereocenters. The highest BCUT2D eigenvalue weighted by molar-refractivity contribution is 5.41. The Labute approximate surface area is 348 Å². The maximum absolute atomic E-state index is 6.04. The summed E-state index contributed by atoms with van der Waals surface area (Å²) in [6, 6.07) is 0.520. The number of aryl methyl sites for hydroxylation is 1. The van der Waals surface area contributed by atoms with Crippen LogP contribution in [-0.4, -0.2) is 110 Å². The SMILES string of the molecule is CCc1nc(N(C)C2CC(C)(C)N(OC)C(C)(C)C2)nc(N(CCCCCCC(CC)C2CC(C)(C)N(OOC)C(C)(C)C2)C2CC(C)(C)N(OC)C(C)(C)C2)n1. The van der Waals surface area contributed by atoms with Gasteiger partial charge in [0.1, 0.15) is 5.82 Å². The van der Waals surface area contributed by atoms with E-state index in [4.69, 9.17) is 34.5 Å². The fraction of sp³-hybridized carbons (Fsp3) is 0.933. The summed E-state index contributed by atoms with van der Waals surface area (Å²) in [4.78, 5) is 43.3. The van der Waals surface area contributed by atoms with Crippen LogP contribution in [0.15, 0.2) is 0 Å². The molecular weight excluding hydrogens is 717 g/mol. The van der Waals surface area contributed by atoms with Crippen molar-refractivity contribution in [3.8, 4) is 0 Å². The lowest BCUT2D eigenvalue weighted by Crippen LogP contribution is -2.64. The molecule has 12 heteroatoms. The van der Waals surface area contributed by atoms with E-state index in [0.29, 0.717) is 11.8 Å². The molecule has 3 aliphatic heterocycles. The van der Waals surface area contributed by atoms with Crippen molar-refractivity contribution in [2.45, 2.75) is 226 Å². The van der Waals surface area contributed by atoms with Crippen molar-refractivity contribution in [2.24, 2.45) is 11.8 Å². The molecule has 0 saturated carbocycles. The predicted molar refractivity (Wildman–Crippen MR) is 233 cm³/mol. The molecule has 0 bridgehead atoms. The molecule has 1 aromatic heterocycles. The summed E-state index contributed by atoms with van der Waals surface area (Å²) in [6.45, 7) is 33.0. The summed E-state index contributed by atoms with van der Waals surface area (Å²) in [6.07, 6.45) is 14.1. The van der Waals surface area contributed by atoms with Crippen LogP contribution in [-0.2, 0) is 26.0 Å². The van der Waals surface area contributed by atoms with Crippen LogP contribution >= 0.6 is 0 Å². The summed E-state index contributed by atoms with van der Waals surface area (Å²) < 4.78 is 0. The van der Waals surface area contributed by atoms with Crippen molar-refractivity contribution >= 4 is 11.9 Å². The molecule has 330 valence electrons. The van der Waals surface area contributed by atoms with Crippen LogP contribution in [0.5, 0.6) is 0 Å². The van der Waals surface area contributed by atoms with Gasteiger partial charge >= 0.3 is 0 Å². The normalized spacial score (nSPS) is 24.7. The van der Waals surface area contributed by atoms with Gasteiger partial charge in [-0.3, -0.25) is 0 Å². The van der Waals surface area contributed by atoms with E-state index in [1.165, 1.54) is 32.1 Å². The minimum Gasteiger partial charge on any atom is -0.341 e. The quantitative estimate of drug-likeness (QED) is 0.0805. The number of hydrogen-bond acceptors (Lipinski definition) is 12. The third kappa shape index (κ3) is 11.0. The van der Waals surface area contributed by atoms with Gasteiger partial charge in [-0.15, -0.1) is 10.1 Å². The molecule has 0 aliphatic carbocycles. The predicted octanol–water partition coefficient (Wildman–Crippen LogP) is 9.58. The number of anilines is 2. The van der Waals surface area contributed by atoms with Gasteiger partial charge in [0.15, 0.2) is 0 Å². The zero-order valence-electron chi connectivity index (χ0n) is 39.9. The maximum Gasteiger partial charge on any atom is 0.230 e. The Morgan fingerprint density at radius 1 is 0.596 bits per heavy atom. The molecule has 4 rings (SSSR count). The number of piperidine rings is 3. The molecule has 0 radical (unpaired) electrons. The van der Waals surface area contributed by atoms with E-state index in [0.717, 1.165) is 75.6 Å². The van der Waals surface area contributed by atoms with Crippen molar-refractivity contribution in [3.05, 3.63) is 5.82 Å². The van der Waals surface area contributed by atoms with E-state index in [-0.39, 0.29) is 45.3 Å². The van der Waals surface area contributed by atoms with Crippen molar-refractivity contribution in [1.29, 1.82) is 0 Å². The molecule has 3 fully saturated rings. The largest absolute Gasteiger partial charge is 0.341 e. The molecule has 1 aromatic rings. The van der Waals surface area contributed by atoms with Gasteiger partial charge in [-0.2, -0.15) is 25.1 Å². The minimum absolute atomic E-state index is 0.0853. The van der Waals surface area contributed by atoms with Crippen LogP contribution in [0.4, 0.5) is 11.9 Å². The first-order valence-electron chi connectivity index (χ1n) is 22.3. The average molecular weight is 803 g/mol. The van der Waals surface area contributed by atoms with Gasteiger partial charge < -0.3 is 19.5 Å². The molecule has 12 nitrogen and oxygen atoms in total. The third-order valence-corrected chi connectivity index (χ3v) is 13.7. The smallest absolute Gasteiger partial charge is 0.230 e. The molecule has 4 heterocycles. The Bertz CT molecular complexity index is 1380. The van der Waals surface area contributed by atoms with Crippen LogP contribution in [0, 0.1) is 11.8 Å². The minimum atomic E-state index is -0.156. The number of unbranched alkanes of at least 4 members (excludes halogenated alkanes) is 3. The Balaban J connectivity index is 1.53. The number of hydroxylamine groups is 6. The van der Waals surface area contributed by atoms with E-state index < -0.39 is 0 Å². The second-order valence-corrected chi connectivity index (χ2v) is 21.5. The third-order valence-electron chi connectivity index (χ3n) is 13.7. The molecule has 1 unspecified atom stereocenters. The number of rotatable bonds is 18. The monoisotopic (exact) mass is 803 g/mol. The lowest BCUT2D eigenvalue weighted by Gasteiger charge is -2.55. The number of aromatic nitrogens is 3. The Morgan fingerprint density at radius 3 is 1.51 bits per heavy atom. The Kier molecular flexibility index (Phi) is 15.6. The number of nitrogens with zero attached hydrogens (tertiary/aromatic N) is 8. The van der Waals surface area contributed by atoms with Gasteiger partial charge in [-0.25, -0.2) is 4.89 Å². The van der Waals surface area contributed by atoms with Crippen LogP contribution in [0.1, 0.15) is 180 Å². The average Bonchev–Trinajstić information content (AvgIpc) is 3.08. The van der Waals surface area contributed by atoms with Gasteiger partial charge in [-0.05, 0) is 140 Å². The molecule has 0 N–H and O–H groups in total. The first-order chi connectivity index (χ1) is 26.4. The molecule has 0 spiro atoms. The fourth-order valence-electron chi connectivity index (χ4n) is 12.1. The van der Waals surface area contributed by atoms with Crippen LogP contribution < -0.4 is 9.80 Å². The lowest BCUT2D eigenvalue weighted by atomic mass is 9.68. The second kappa shape index (κ2) is 18.5. The van der Waals surface area contributed by atoms with Crippen LogP contribution in [0.2, 0.25) is 0 Å². The second-order valence-electron chi connectivity index (χ2n) is 21.5. The fourth-order valence-corrected chi connectivity index (χ4v) is 12.1. The standard InChI is InChI=1S/C45H86N8O4/c1-19-33(34-27-40(3,4)53(57-56-18)41(5,6)28-34)25-23-21-22-24-26-50(36-31-44(11,12)52(55-17)45(13,14)32-36)39-47-37(20-2)46-38(48-39)49(15)35-29-42(7,8)51(54-16)43(9,10)30-35/h33-36H,19-32H2,1-18H3. The van der Waals surface area contributed by atoms with Crippen molar-refractivity contribution < 1.29 is 19.6 Å². The van der Waals surface area contributed by atoms with E-state index in [9.17, 15) is 0 Å². The van der Waals surface area contributed by atoms with Gasteiger partial charge in [0.2, 0.25) is 11.9 Å². The number of hydrogen-bond donors (Lipinski definition) is 0. The van der Waals surface area contributed by atoms with Gasteiger partial charge in [0, 0.05) is 65.3 Å². The highest BCUT2D eigenvalue weighted by Gasteiger charge is 2.51. The van der Waals surface area contributed by atoms with Gasteiger partial charge in [-0.1, -0.05) is 46.0 Å². The highest BCUT2D eigenvalue weighted by atomic mass is 17.3. The summed E-state index contributed by atoms with van der Waals surface area (Å²) in [5.41, 5.74) is -0.765. The van der Waals surface area contributed by atoms with Crippen molar-refractivity contribution in [2.75, 3.05) is 44.7 Å². The Hall–Kier alpha value is -1.67. The summed E-state index contributed by atoms with van der Waals surface area (Å²) >= 11 is 0. The van der Waals surface area contributed by atoms with E-state index >= 15 is 0 Å². The lowest BCUT2D eigenvalue weighted by molar-refractivity contribution is -0.467. The Morgan fingerprint density at radius 2 is 1.05 bits per heavy atom. The van der Waals surface area contributed by atoms with Crippen LogP contribution in [0.3, 0.4) is 0 Å². The zero-order chi connectivity index (χ0) is 42.8. The molecule has 3 aliphatic rings. The van der Waals surface area contributed by atoms with Gasteiger partial charge in [0.05, 0.1) is 21.3 Å². The molecule has 3 saturated heterocycles. The maximum atomic E-state index is 6.04. The zero-order valence-corrected chi connectivity index (χ0v) is 39.9. The molecular formula is C45H86N8O4. The topological polar surface area (TPSA) is 91.8 Å². The van der Waals surface area contributed by atoms with E-state index in [2.05, 4.69) is 129 Å². The van der Waals surface area contributed by atoms with Crippen molar-refractivity contribution in [1.82, 2.24) is 30.1 Å². The summed E-state index contributed by atoms with van der Waals surface area (Å²) in [5, 5.41) is 6.46.